The molecule has 0 bridgehead atoms. The van der Waals surface area contributed by atoms with E-state index in [9.17, 15) is 31.1 Å². The van der Waals surface area contributed by atoms with Gasteiger partial charge in [-0.1, -0.05) is 18.2 Å². The third-order valence-electron chi connectivity index (χ3n) is 7.19. The summed E-state index contributed by atoms with van der Waals surface area (Å²) in [6.45, 7) is 2.14. The van der Waals surface area contributed by atoms with E-state index in [-0.39, 0.29) is 17.6 Å². The molecule has 0 radical (unpaired) electrons. The van der Waals surface area contributed by atoms with Crippen LogP contribution in [0.5, 0.6) is 17.2 Å². The maximum Gasteiger partial charge on any atom is 0.416 e. The summed E-state index contributed by atoms with van der Waals surface area (Å²) in [6, 6.07) is 13.8. The van der Waals surface area contributed by atoms with Gasteiger partial charge < -0.3 is 24.0 Å². The zero-order chi connectivity index (χ0) is 32.4. The molecule has 3 aromatic rings. The molecule has 2 heterocycles. The molecule has 5 rings (SSSR count). The maximum absolute atomic E-state index is 13.5. The summed E-state index contributed by atoms with van der Waals surface area (Å²) in [5, 5.41) is 0.598. The molecule has 0 saturated carbocycles. The Morgan fingerprint density at radius 1 is 0.844 bits per heavy atom. The van der Waals surface area contributed by atoms with Crippen LogP contribution in [0.25, 0.3) is 6.08 Å². The summed E-state index contributed by atoms with van der Waals surface area (Å²) in [5.41, 5.74) is -1.71. The summed E-state index contributed by atoms with van der Waals surface area (Å²) in [7, 11) is 2.95. The number of carbonyl (C=O) groups is 1. The number of rotatable bonds is 7. The van der Waals surface area contributed by atoms with Gasteiger partial charge in [0.05, 0.1) is 30.3 Å². The quantitative estimate of drug-likeness (QED) is 0.199. The number of anilines is 1. The summed E-state index contributed by atoms with van der Waals surface area (Å²) in [4.78, 5) is 21.6. The molecule has 0 aliphatic carbocycles. The van der Waals surface area contributed by atoms with Crippen molar-refractivity contribution < 1.29 is 45.3 Å². The molecule has 2 aliphatic heterocycles. The predicted molar refractivity (Wildman–Crippen MR) is 159 cm³/mol. The normalized spacial score (nSPS) is 16.7. The molecule has 0 atom stereocenters. The summed E-state index contributed by atoms with van der Waals surface area (Å²) >= 11 is 1.25. The number of benzene rings is 3. The van der Waals surface area contributed by atoms with Crippen LogP contribution in [-0.4, -0.2) is 56.4 Å². The van der Waals surface area contributed by atoms with Crippen LogP contribution < -0.4 is 19.1 Å². The second kappa shape index (κ2) is 13.0. The largest absolute Gasteiger partial charge is 0.497 e. The summed E-state index contributed by atoms with van der Waals surface area (Å²) in [6.07, 6.45) is -8.32. The van der Waals surface area contributed by atoms with Gasteiger partial charge in [-0.3, -0.25) is 4.79 Å². The number of hydrogen-bond acceptors (Lipinski definition) is 7. The van der Waals surface area contributed by atoms with Crippen molar-refractivity contribution in [3.8, 4) is 17.2 Å². The number of aliphatic imine (C=N–C) groups is 1. The van der Waals surface area contributed by atoms with E-state index < -0.39 is 41.6 Å². The van der Waals surface area contributed by atoms with Gasteiger partial charge >= 0.3 is 12.4 Å². The van der Waals surface area contributed by atoms with Crippen LogP contribution in [0.15, 0.2) is 70.6 Å². The first kappa shape index (κ1) is 32.1. The molecule has 14 heteroatoms. The van der Waals surface area contributed by atoms with Crippen molar-refractivity contribution in [2.24, 2.45) is 4.99 Å². The van der Waals surface area contributed by atoms with E-state index in [0.29, 0.717) is 34.8 Å². The van der Waals surface area contributed by atoms with Crippen LogP contribution in [0, 0.1) is 0 Å². The van der Waals surface area contributed by atoms with Crippen LogP contribution in [0.2, 0.25) is 0 Å². The average Bonchev–Trinajstić information content (AvgIpc) is 3.38. The van der Waals surface area contributed by atoms with Crippen molar-refractivity contribution >= 4 is 34.6 Å². The number of hydrogen-bond donors (Lipinski definition) is 0. The summed E-state index contributed by atoms with van der Waals surface area (Å²) < 4.78 is 95.7. The first-order valence-electron chi connectivity index (χ1n) is 13.6. The molecule has 7 nitrogen and oxygen atoms in total. The van der Waals surface area contributed by atoms with Crippen LogP contribution in [0.3, 0.4) is 0 Å². The molecule has 45 heavy (non-hydrogen) atoms. The lowest BCUT2D eigenvalue weighted by molar-refractivity contribution is -0.143. The van der Waals surface area contributed by atoms with Gasteiger partial charge in [0.25, 0.3) is 5.91 Å². The number of thioether (sulfide) groups is 1. The van der Waals surface area contributed by atoms with E-state index in [1.54, 1.807) is 25.3 Å². The topological polar surface area (TPSA) is 63.6 Å². The number of amidine groups is 1. The van der Waals surface area contributed by atoms with Gasteiger partial charge in [0.2, 0.25) is 0 Å². The van der Waals surface area contributed by atoms with Crippen molar-refractivity contribution in [3.05, 3.63) is 87.8 Å². The van der Waals surface area contributed by atoms with Crippen LogP contribution in [0.4, 0.5) is 32.0 Å². The molecular weight excluding hydrogens is 624 g/mol. The van der Waals surface area contributed by atoms with Gasteiger partial charge in [0.15, 0.2) is 16.7 Å². The SMILES string of the molecule is COc1cccc(N2CCN(C3=NC(=O)C(=Cc4ccc(OCc5ccc(C(F)(F)F)cc5C(F)(F)F)c(OC)c4)S3)CC2)c1. The average molecular weight is 652 g/mol. The first-order valence-corrected chi connectivity index (χ1v) is 14.4. The van der Waals surface area contributed by atoms with Crippen LogP contribution in [0.1, 0.15) is 22.3 Å². The third kappa shape index (κ3) is 7.49. The zero-order valence-corrected chi connectivity index (χ0v) is 24.9. The lowest BCUT2D eigenvalue weighted by atomic mass is 10.0. The molecule has 3 aromatic carbocycles. The highest BCUT2D eigenvalue weighted by Crippen LogP contribution is 2.39. The van der Waals surface area contributed by atoms with Crippen molar-refractivity contribution in [3.63, 3.8) is 0 Å². The van der Waals surface area contributed by atoms with Gasteiger partial charge in [-0.25, -0.2) is 0 Å². The Hall–Kier alpha value is -4.33. The van der Waals surface area contributed by atoms with E-state index in [2.05, 4.69) is 9.89 Å². The number of amides is 1. The molecule has 1 fully saturated rings. The van der Waals surface area contributed by atoms with Crippen molar-refractivity contribution in [2.45, 2.75) is 19.0 Å². The van der Waals surface area contributed by atoms with E-state index in [1.165, 1.54) is 24.9 Å². The fourth-order valence-corrected chi connectivity index (χ4v) is 5.80. The minimum atomic E-state index is -5.02. The molecule has 0 unspecified atom stereocenters. The smallest absolute Gasteiger partial charge is 0.416 e. The van der Waals surface area contributed by atoms with Crippen LogP contribution in [-0.2, 0) is 23.8 Å². The first-order chi connectivity index (χ1) is 21.4. The second-order valence-corrected chi connectivity index (χ2v) is 11.1. The summed E-state index contributed by atoms with van der Waals surface area (Å²) in [5.74, 6) is 0.613. The number of piperazine rings is 1. The molecule has 0 spiro atoms. The molecule has 1 saturated heterocycles. The van der Waals surface area contributed by atoms with Gasteiger partial charge in [-0.15, -0.1) is 0 Å². The van der Waals surface area contributed by atoms with E-state index in [1.807, 2.05) is 29.2 Å². The zero-order valence-electron chi connectivity index (χ0n) is 24.0. The highest BCUT2D eigenvalue weighted by atomic mass is 32.2. The van der Waals surface area contributed by atoms with Gasteiger partial charge in [-0.2, -0.15) is 31.3 Å². The minimum Gasteiger partial charge on any atom is -0.497 e. The Morgan fingerprint density at radius 3 is 2.24 bits per heavy atom. The molecule has 0 N–H and O–H groups in total. The fourth-order valence-electron chi connectivity index (χ4n) is 4.84. The van der Waals surface area contributed by atoms with Crippen LogP contribution >= 0.6 is 11.8 Å². The number of halogens is 6. The Labute approximate surface area is 259 Å². The lowest BCUT2D eigenvalue weighted by Crippen LogP contribution is -2.47. The number of nitrogens with zero attached hydrogens (tertiary/aromatic N) is 3. The third-order valence-corrected chi connectivity index (χ3v) is 8.23. The predicted octanol–water partition coefficient (Wildman–Crippen LogP) is 7.11. The van der Waals surface area contributed by atoms with E-state index in [4.69, 9.17) is 14.2 Å². The number of carbonyl (C=O) groups excluding carboxylic acids is 1. The molecule has 1 amide bonds. The molecule has 2 aliphatic rings. The molecule has 238 valence electrons. The Kier molecular flexibility index (Phi) is 9.23. The second-order valence-electron chi connectivity index (χ2n) is 10.1. The van der Waals surface area contributed by atoms with Gasteiger partial charge in [-0.05, 0) is 59.8 Å². The Bertz CT molecular complexity index is 1630. The van der Waals surface area contributed by atoms with Crippen molar-refractivity contribution in [1.82, 2.24) is 4.90 Å². The monoisotopic (exact) mass is 651 g/mol. The van der Waals surface area contributed by atoms with E-state index >= 15 is 0 Å². The minimum absolute atomic E-state index is 0.0679. The highest BCUT2D eigenvalue weighted by molar-refractivity contribution is 8.18. The molecular formula is C31H27F6N3O4S. The van der Waals surface area contributed by atoms with Crippen molar-refractivity contribution in [2.75, 3.05) is 45.3 Å². The molecule has 0 aromatic heterocycles. The van der Waals surface area contributed by atoms with Gasteiger partial charge in [0, 0.05) is 43.5 Å². The number of methoxy groups -OCH3 is 2. The standard InChI is InChI=1S/C31H27F6N3O4S/c1-42-23-5-3-4-22(17-23)39-10-12-40(13-11-39)29-38-28(41)27(45-29)15-19-6-9-25(26(14-19)43-2)44-18-20-7-8-21(30(32,33)34)16-24(20)31(35,36)37/h3-9,14-17H,10-13,18H2,1-2H3. The van der Waals surface area contributed by atoms with E-state index in [0.717, 1.165) is 30.6 Å². The Balaban J connectivity index is 1.24. The number of alkyl halides is 6. The number of ether oxygens (including phenoxy) is 3. The maximum atomic E-state index is 13.5. The highest BCUT2D eigenvalue weighted by Gasteiger charge is 2.38. The lowest BCUT2D eigenvalue weighted by Gasteiger charge is -2.36. The van der Waals surface area contributed by atoms with Crippen molar-refractivity contribution in [1.29, 1.82) is 0 Å². The van der Waals surface area contributed by atoms with Gasteiger partial charge in [0.1, 0.15) is 12.4 Å². The Morgan fingerprint density at radius 2 is 1.58 bits per heavy atom. The fraction of sp³-hybridized carbons (Fsp3) is 0.290.